The highest BCUT2D eigenvalue weighted by molar-refractivity contribution is 5.98. The number of hydrogen-bond acceptors (Lipinski definition) is 11. The quantitative estimate of drug-likeness (QED) is 0.202. The van der Waals surface area contributed by atoms with Crippen LogP contribution in [0.25, 0.3) is 33.6 Å². The van der Waals surface area contributed by atoms with Crippen molar-refractivity contribution in [3.8, 4) is 28.5 Å². The Morgan fingerprint density at radius 1 is 1.14 bits per heavy atom. The average molecular weight is 582 g/mol. The first-order chi connectivity index (χ1) is 20.7. The van der Waals surface area contributed by atoms with E-state index in [0.717, 1.165) is 29.6 Å². The van der Waals surface area contributed by atoms with E-state index in [0.29, 0.717) is 52.0 Å². The molecular formula is C30H31N9O4. The maximum atomic E-state index is 12.3. The van der Waals surface area contributed by atoms with Crippen LogP contribution in [0.5, 0.6) is 5.75 Å². The summed E-state index contributed by atoms with van der Waals surface area (Å²) in [5.41, 5.74) is 3.91. The van der Waals surface area contributed by atoms with Crippen molar-refractivity contribution in [2.24, 2.45) is 18.9 Å². The number of aromatic nitrogens is 5. The van der Waals surface area contributed by atoms with E-state index in [1.165, 1.54) is 6.07 Å². The molecule has 0 unspecified atom stereocenters. The van der Waals surface area contributed by atoms with E-state index in [1.807, 2.05) is 54.0 Å². The van der Waals surface area contributed by atoms with Gasteiger partial charge in [0, 0.05) is 81.1 Å². The lowest BCUT2D eigenvalue weighted by Gasteiger charge is -2.24. The molecule has 13 nitrogen and oxygen atoms in total. The van der Waals surface area contributed by atoms with E-state index in [2.05, 4.69) is 32.4 Å². The number of para-hydroxylation sites is 1. The van der Waals surface area contributed by atoms with Gasteiger partial charge in [-0.05, 0) is 24.9 Å². The Bertz CT molecular complexity index is 1870. The lowest BCUT2D eigenvalue weighted by molar-refractivity contribution is -0.384. The molecule has 1 saturated heterocycles. The molecule has 3 aromatic heterocycles. The number of rotatable bonds is 8. The van der Waals surface area contributed by atoms with Gasteiger partial charge in [0.2, 0.25) is 11.8 Å². The Morgan fingerprint density at radius 3 is 2.60 bits per heavy atom. The zero-order valence-corrected chi connectivity index (χ0v) is 24.5. The molecule has 0 bridgehead atoms. The maximum absolute atomic E-state index is 12.3. The van der Waals surface area contributed by atoms with Gasteiger partial charge in [-0.15, -0.1) is 10.2 Å². The lowest BCUT2D eigenvalue weighted by atomic mass is 10.1. The second-order valence-electron chi connectivity index (χ2n) is 11.3. The number of nitro groups is 1. The van der Waals surface area contributed by atoms with Crippen LogP contribution in [0, 0.1) is 28.9 Å². The van der Waals surface area contributed by atoms with E-state index in [9.17, 15) is 10.1 Å². The van der Waals surface area contributed by atoms with Crippen molar-refractivity contribution in [1.82, 2.24) is 29.6 Å². The van der Waals surface area contributed by atoms with Gasteiger partial charge in [0.05, 0.1) is 29.0 Å². The summed E-state index contributed by atoms with van der Waals surface area (Å²) in [6.07, 6.45) is 3.61. The molecule has 3 atom stereocenters. The summed E-state index contributed by atoms with van der Waals surface area (Å²) < 4.78 is 13.5. The van der Waals surface area contributed by atoms with E-state index in [4.69, 9.17) is 14.1 Å². The third-order valence-corrected chi connectivity index (χ3v) is 8.60. The van der Waals surface area contributed by atoms with Gasteiger partial charge in [0.15, 0.2) is 0 Å². The minimum atomic E-state index is -0.357. The molecule has 13 heteroatoms. The standard InChI is InChI=1S/C30H31N9O4/c1-16-34-35-29(43-16)18-12-31-30(33-27(18)19-15-37(3)23-9-7-6-8-17(19)23)32-22-10-25(39(40)41)24(11-26(22)42-5)38(4)28-20-13-36(2)14-21(20)28/h6-12,15,20-21,28H,13-14H2,1-5H3,(H,31,32,33)/t20-,21+,28+. The molecule has 2 aromatic carbocycles. The van der Waals surface area contributed by atoms with Gasteiger partial charge < -0.3 is 28.8 Å². The van der Waals surface area contributed by atoms with Crippen LogP contribution in [0.1, 0.15) is 5.89 Å². The van der Waals surface area contributed by atoms with Crippen LogP contribution in [-0.2, 0) is 7.05 Å². The Kier molecular flexibility index (Phi) is 6.27. The van der Waals surface area contributed by atoms with Crippen molar-refractivity contribution >= 4 is 33.9 Å². The van der Waals surface area contributed by atoms with Crippen molar-refractivity contribution in [2.45, 2.75) is 13.0 Å². The molecule has 7 rings (SSSR count). The summed E-state index contributed by atoms with van der Waals surface area (Å²) in [7, 11) is 7.55. The smallest absolute Gasteiger partial charge is 0.294 e. The van der Waals surface area contributed by atoms with Crippen molar-refractivity contribution in [2.75, 3.05) is 44.5 Å². The lowest BCUT2D eigenvalue weighted by Crippen LogP contribution is -2.31. The molecule has 1 N–H and O–H groups in total. The molecule has 0 radical (unpaired) electrons. The largest absolute Gasteiger partial charge is 0.494 e. The van der Waals surface area contributed by atoms with Gasteiger partial charge in [0.25, 0.3) is 11.6 Å². The number of anilines is 3. The van der Waals surface area contributed by atoms with Crippen LogP contribution in [0.2, 0.25) is 0 Å². The predicted molar refractivity (Wildman–Crippen MR) is 162 cm³/mol. The topological polar surface area (TPSA) is 141 Å². The number of likely N-dealkylation sites (tertiary alicyclic amines) is 1. The molecule has 43 heavy (non-hydrogen) atoms. The molecule has 220 valence electrons. The number of piperidine rings is 1. The number of nitrogens with one attached hydrogen (secondary N) is 1. The Labute approximate surface area is 247 Å². The van der Waals surface area contributed by atoms with Gasteiger partial charge in [0.1, 0.15) is 11.4 Å². The summed E-state index contributed by atoms with van der Waals surface area (Å²) in [5.74, 6) is 2.42. The van der Waals surface area contributed by atoms with Crippen molar-refractivity contribution in [1.29, 1.82) is 0 Å². The van der Waals surface area contributed by atoms with Crippen LogP contribution >= 0.6 is 0 Å². The fraction of sp³-hybridized carbons (Fsp3) is 0.333. The van der Waals surface area contributed by atoms with Gasteiger partial charge in [-0.1, -0.05) is 18.2 Å². The minimum absolute atomic E-state index is 0.0173. The number of nitrogens with zero attached hydrogens (tertiary/aromatic N) is 8. The average Bonchev–Trinajstić information content (AvgIpc) is 3.31. The third-order valence-electron chi connectivity index (χ3n) is 8.60. The van der Waals surface area contributed by atoms with Crippen molar-refractivity contribution in [3.05, 3.63) is 64.8 Å². The third kappa shape index (κ3) is 4.52. The molecule has 1 saturated carbocycles. The monoisotopic (exact) mass is 581 g/mol. The van der Waals surface area contributed by atoms with Gasteiger partial charge >= 0.3 is 0 Å². The van der Waals surface area contributed by atoms with Crippen LogP contribution < -0.4 is 15.0 Å². The van der Waals surface area contributed by atoms with Gasteiger partial charge in [-0.3, -0.25) is 10.1 Å². The second kappa shape index (κ2) is 10.1. The van der Waals surface area contributed by atoms with Crippen molar-refractivity contribution < 1.29 is 14.1 Å². The molecule has 0 amide bonds. The molecule has 1 aliphatic carbocycles. The normalized spacial score (nSPS) is 19.4. The Hall–Kier alpha value is -5.04. The van der Waals surface area contributed by atoms with Crippen molar-refractivity contribution in [3.63, 3.8) is 0 Å². The molecule has 2 fully saturated rings. The number of aryl methyl sites for hydroxylation is 2. The zero-order chi connectivity index (χ0) is 30.0. The molecule has 5 aromatic rings. The number of hydrogen-bond donors (Lipinski definition) is 1. The number of benzene rings is 2. The first-order valence-corrected chi connectivity index (χ1v) is 14.0. The predicted octanol–water partition coefficient (Wildman–Crippen LogP) is 4.65. The second-order valence-corrected chi connectivity index (χ2v) is 11.3. The first kappa shape index (κ1) is 26.8. The summed E-state index contributed by atoms with van der Waals surface area (Å²) >= 11 is 0. The SMILES string of the molecule is COc1cc(N(C)[C@H]2[C@@H]3CN(C)C[C@@H]32)c([N+](=O)[O-])cc1Nc1ncc(-c2nnc(C)o2)c(-c2cn(C)c3ccccc23)n1. The fourth-order valence-corrected chi connectivity index (χ4v) is 6.55. The van der Waals surface area contributed by atoms with E-state index in [-0.39, 0.29) is 22.6 Å². The number of methoxy groups -OCH3 is 1. The zero-order valence-electron chi connectivity index (χ0n) is 24.5. The Balaban J connectivity index is 1.29. The van der Waals surface area contributed by atoms with Crippen LogP contribution in [0.15, 0.2) is 53.2 Å². The van der Waals surface area contributed by atoms with Gasteiger partial charge in [-0.2, -0.15) is 0 Å². The van der Waals surface area contributed by atoms with E-state index in [1.54, 1.807) is 26.3 Å². The number of nitro benzene ring substituents is 1. The van der Waals surface area contributed by atoms with Gasteiger partial charge in [-0.25, -0.2) is 9.97 Å². The highest BCUT2D eigenvalue weighted by Gasteiger charge is 2.57. The fourth-order valence-electron chi connectivity index (χ4n) is 6.55. The summed E-state index contributed by atoms with van der Waals surface area (Å²) in [6.45, 7) is 3.72. The molecule has 0 spiro atoms. The van der Waals surface area contributed by atoms with E-state index >= 15 is 0 Å². The maximum Gasteiger partial charge on any atom is 0.294 e. The highest BCUT2D eigenvalue weighted by Crippen LogP contribution is 2.51. The number of fused-ring (bicyclic) bond motifs is 2. The van der Waals surface area contributed by atoms with Crippen LogP contribution in [0.4, 0.5) is 23.0 Å². The van der Waals surface area contributed by atoms with Crippen LogP contribution in [0.3, 0.4) is 0 Å². The molecule has 4 heterocycles. The van der Waals surface area contributed by atoms with E-state index < -0.39 is 0 Å². The van der Waals surface area contributed by atoms with Crippen LogP contribution in [-0.4, -0.2) is 74.9 Å². The summed E-state index contributed by atoms with van der Waals surface area (Å²) in [4.78, 5) is 25.7. The number of ether oxygens (including phenoxy) is 1. The highest BCUT2D eigenvalue weighted by atomic mass is 16.6. The minimum Gasteiger partial charge on any atom is -0.494 e. The first-order valence-electron chi connectivity index (χ1n) is 14.0. The summed E-state index contributed by atoms with van der Waals surface area (Å²) in [6, 6.07) is 11.5. The molecule has 1 aliphatic heterocycles. The molecular weight excluding hydrogens is 550 g/mol. The molecule has 2 aliphatic rings. The Morgan fingerprint density at radius 2 is 1.91 bits per heavy atom. The summed E-state index contributed by atoms with van der Waals surface area (Å²) in [5, 5.41) is 24.6.